The van der Waals surface area contributed by atoms with Crippen LogP contribution >= 0.6 is 45.9 Å². The van der Waals surface area contributed by atoms with Crippen LogP contribution in [0.15, 0.2) is 279 Å². The van der Waals surface area contributed by atoms with Crippen molar-refractivity contribution < 1.29 is 0 Å². The largest absolute Gasteiger partial charge is 0.310 e. The van der Waals surface area contributed by atoms with Gasteiger partial charge in [0.1, 0.15) is 0 Å². The van der Waals surface area contributed by atoms with Gasteiger partial charge in [0.25, 0.3) is 0 Å². The van der Waals surface area contributed by atoms with E-state index in [4.69, 9.17) is 23.2 Å². The maximum Gasteiger partial charge on any atom is 0.0569 e. The Labute approximate surface area is 480 Å². The summed E-state index contributed by atoms with van der Waals surface area (Å²) in [7, 11) is 0. The molecule has 0 bridgehead atoms. The number of anilines is 6. The molecule has 0 radical (unpaired) electrons. The molecule has 16 aromatic rings. The summed E-state index contributed by atoms with van der Waals surface area (Å²) >= 11 is 16.7. The van der Waals surface area contributed by atoms with Crippen LogP contribution in [0.3, 0.4) is 0 Å². The Bertz CT molecular complexity index is 4990. The van der Waals surface area contributed by atoms with Crippen molar-refractivity contribution in [3.8, 4) is 11.4 Å². The van der Waals surface area contributed by atoms with E-state index in [1.165, 1.54) is 84.0 Å². The van der Waals surface area contributed by atoms with Gasteiger partial charge in [-0.05, 0) is 133 Å². The first kappa shape index (κ1) is 48.0. The topological polar surface area (TPSA) is 16.3 Å². The van der Waals surface area contributed by atoms with Crippen LogP contribution in [0.2, 0.25) is 10.0 Å². The third-order valence-corrected chi connectivity index (χ3v) is 17.9. The predicted molar refractivity (Wildman–Crippen MR) is 347 cm³/mol. The fourth-order valence-electron chi connectivity index (χ4n) is 11.8. The summed E-state index contributed by atoms with van der Waals surface area (Å²) in [4.78, 5) is 4.70. The van der Waals surface area contributed by atoms with Gasteiger partial charge in [-0.15, -0.1) is 22.7 Å². The van der Waals surface area contributed by atoms with Gasteiger partial charge in [-0.3, -0.25) is 0 Å². The zero-order valence-electron chi connectivity index (χ0n) is 42.9. The Morgan fingerprint density at radius 1 is 0.263 bits per heavy atom. The minimum atomic E-state index is 0.731. The van der Waals surface area contributed by atoms with E-state index in [0.29, 0.717) is 0 Å². The van der Waals surface area contributed by atoms with E-state index in [1.807, 2.05) is 6.07 Å². The van der Waals surface area contributed by atoms with Crippen molar-refractivity contribution in [3.63, 3.8) is 0 Å². The van der Waals surface area contributed by atoms with Crippen molar-refractivity contribution in [2.24, 2.45) is 0 Å². The lowest BCUT2D eigenvalue weighted by Crippen LogP contribution is -2.10. The number of para-hydroxylation sites is 6. The molecule has 4 aromatic heterocycles. The van der Waals surface area contributed by atoms with Crippen LogP contribution in [0.25, 0.3) is 95.3 Å². The zero-order valence-corrected chi connectivity index (χ0v) is 46.1. The SMILES string of the molecule is Clc1cc(N(c2ccccc2)c2ccc3c4ccccc4n(-c4ccccc4)c3c2)c2c(c1)sc1ccccc12.Clc1ccc2c(c1)sc1ccc(N(c3ccccc3)c3ccc4c5ccccc5n(-c5ccccc5)c4c3)cc12. The van der Waals surface area contributed by atoms with Crippen LogP contribution in [0.4, 0.5) is 34.1 Å². The van der Waals surface area contributed by atoms with E-state index in [1.54, 1.807) is 22.7 Å². The number of aromatic nitrogens is 2. The first-order valence-electron chi connectivity index (χ1n) is 26.6. The van der Waals surface area contributed by atoms with Crippen molar-refractivity contribution in [2.45, 2.75) is 0 Å². The molecule has 16 rings (SSSR count). The van der Waals surface area contributed by atoms with Gasteiger partial charge >= 0.3 is 0 Å². The monoisotopic (exact) mass is 1100 g/mol. The highest BCUT2D eigenvalue weighted by molar-refractivity contribution is 7.26. The lowest BCUT2D eigenvalue weighted by Gasteiger charge is -2.27. The number of halogens is 2. The van der Waals surface area contributed by atoms with Crippen molar-refractivity contribution >= 4 is 164 Å². The molecule has 0 aliphatic carbocycles. The standard InChI is InChI=1S/2C36H23ClN2S/c37-24-21-33(36-30-16-8-10-18-34(30)40-35(36)22-24)38(25-11-3-1-4-12-25)27-19-20-29-28-15-7-9-17-31(28)39(32(29)23-27)26-13-5-2-6-14-26;37-24-15-18-31-32-22-27(17-20-35(32)40-36(31)21-24)38(25-9-3-1-4-10-25)28-16-19-30-29-13-7-8-14-33(29)39(34(30)23-28)26-11-5-2-6-12-26/h2*1-23H. The summed E-state index contributed by atoms with van der Waals surface area (Å²) in [6, 6.07) is 99.1. The summed E-state index contributed by atoms with van der Waals surface area (Å²) in [5, 5.41) is 11.4. The summed E-state index contributed by atoms with van der Waals surface area (Å²) in [6.45, 7) is 0. The lowest BCUT2D eigenvalue weighted by molar-refractivity contribution is 1.18. The van der Waals surface area contributed by atoms with Crippen molar-refractivity contribution in [1.29, 1.82) is 0 Å². The fourth-order valence-corrected chi connectivity index (χ4v) is 14.6. The van der Waals surface area contributed by atoms with Gasteiger partial charge in [-0.1, -0.05) is 169 Å². The molecule has 0 N–H and O–H groups in total. The van der Waals surface area contributed by atoms with Crippen LogP contribution in [0.5, 0.6) is 0 Å². The zero-order chi connectivity index (χ0) is 53.3. The van der Waals surface area contributed by atoms with E-state index in [0.717, 1.165) is 55.5 Å². The molecule has 4 heterocycles. The first-order valence-corrected chi connectivity index (χ1v) is 29.0. The normalized spacial score (nSPS) is 11.6. The Hall–Kier alpha value is -9.14. The number of benzene rings is 12. The molecule has 0 saturated heterocycles. The second-order valence-electron chi connectivity index (χ2n) is 19.9. The molecule has 0 unspecified atom stereocenters. The van der Waals surface area contributed by atoms with Crippen molar-refractivity contribution in [3.05, 3.63) is 289 Å². The molecule has 0 aliphatic heterocycles. The number of hydrogen-bond acceptors (Lipinski definition) is 4. The number of fused-ring (bicyclic) bond motifs is 12. The number of thiophene rings is 2. The molecule has 0 fully saturated rings. The van der Waals surface area contributed by atoms with Crippen LogP contribution in [-0.4, -0.2) is 9.13 Å². The van der Waals surface area contributed by atoms with Crippen LogP contribution in [0, 0.1) is 0 Å². The maximum atomic E-state index is 6.80. The average Bonchev–Trinajstić information content (AvgIpc) is 4.31. The van der Waals surface area contributed by atoms with E-state index >= 15 is 0 Å². The van der Waals surface area contributed by atoms with Crippen molar-refractivity contribution in [1.82, 2.24) is 9.13 Å². The van der Waals surface area contributed by atoms with E-state index < -0.39 is 0 Å². The van der Waals surface area contributed by atoms with Gasteiger partial charge in [-0.2, -0.15) is 0 Å². The van der Waals surface area contributed by atoms with E-state index in [9.17, 15) is 0 Å². The molecule has 0 saturated carbocycles. The second-order valence-corrected chi connectivity index (χ2v) is 23.0. The minimum absolute atomic E-state index is 0.731. The summed E-state index contributed by atoms with van der Waals surface area (Å²) in [6.07, 6.45) is 0. The van der Waals surface area contributed by atoms with Gasteiger partial charge in [0, 0.05) is 112 Å². The van der Waals surface area contributed by atoms with Gasteiger partial charge in [0.15, 0.2) is 0 Å². The van der Waals surface area contributed by atoms with Gasteiger partial charge in [0.05, 0.1) is 27.8 Å². The van der Waals surface area contributed by atoms with Crippen molar-refractivity contribution in [2.75, 3.05) is 9.80 Å². The molecule has 8 heteroatoms. The molecule has 0 amide bonds. The summed E-state index contributed by atoms with van der Waals surface area (Å²) in [5.74, 6) is 0. The van der Waals surface area contributed by atoms with Gasteiger partial charge in [-0.25, -0.2) is 0 Å². The molecular formula is C72H46Cl2N4S2. The second kappa shape index (κ2) is 19.9. The smallest absolute Gasteiger partial charge is 0.0569 e. The van der Waals surface area contributed by atoms with Crippen LogP contribution in [0.1, 0.15) is 0 Å². The van der Waals surface area contributed by atoms with Crippen LogP contribution < -0.4 is 9.80 Å². The number of rotatable bonds is 8. The minimum Gasteiger partial charge on any atom is -0.310 e. The molecule has 0 aliphatic rings. The average molecular weight is 1100 g/mol. The highest BCUT2D eigenvalue weighted by Crippen LogP contribution is 2.48. The first-order chi connectivity index (χ1) is 39.5. The quantitative estimate of drug-likeness (QED) is 0.151. The fraction of sp³-hybridized carbons (Fsp3) is 0. The van der Waals surface area contributed by atoms with E-state index in [-0.39, 0.29) is 0 Å². The molecule has 80 heavy (non-hydrogen) atoms. The molecular weight excluding hydrogens is 1060 g/mol. The maximum absolute atomic E-state index is 6.80. The molecule has 0 spiro atoms. The molecule has 4 nitrogen and oxygen atoms in total. The summed E-state index contributed by atoms with van der Waals surface area (Å²) < 4.78 is 9.65. The van der Waals surface area contributed by atoms with Gasteiger partial charge < -0.3 is 18.9 Å². The Morgan fingerprint density at radius 3 is 1.31 bits per heavy atom. The molecule has 0 atom stereocenters. The Morgan fingerprint density at radius 2 is 0.700 bits per heavy atom. The van der Waals surface area contributed by atoms with Gasteiger partial charge in [0.2, 0.25) is 0 Å². The summed E-state index contributed by atoms with van der Waals surface area (Å²) in [5.41, 5.74) is 13.6. The number of nitrogens with zero attached hydrogens (tertiary/aromatic N) is 4. The predicted octanol–water partition coefficient (Wildman–Crippen LogP) is 22.5. The highest BCUT2D eigenvalue weighted by Gasteiger charge is 2.23. The Kier molecular flexibility index (Phi) is 12.0. The number of hydrogen-bond donors (Lipinski definition) is 0. The third kappa shape index (κ3) is 8.27. The molecule has 380 valence electrons. The lowest BCUT2D eigenvalue weighted by atomic mass is 10.1. The van der Waals surface area contributed by atoms with E-state index in [2.05, 4.69) is 292 Å². The van der Waals surface area contributed by atoms with Crippen LogP contribution in [-0.2, 0) is 0 Å². The highest BCUT2D eigenvalue weighted by atomic mass is 35.5. The Balaban J connectivity index is 0.000000138. The molecule has 12 aromatic carbocycles. The third-order valence-electron chi connectivity index (χ3n) is 15.2.